The molecule has 1 aromatic rings. The fourth-order valence-corrected chi connectivity index (χ4v) is 2.13. The van der Waals surface area contributed by atoms with Crippen LogP contribution in [0.2, 0.25) is 5.02 Å². The highest BCUT2D eigenvalue weighted by atomic mass is 35.5. The van der Waals surface area contributed by atoms with Gasteiger partial charge in [0.15, 0.2) is 0 Å². The van der Waals surface area contributed by atoms with Crippen molar-refractivity contribution in [3.8, 4) is 0 Å². The zero-order valence-corrected chi connectivity index (χ0v) is 10.6. The van der Waals surface area contributed by atoms with Crippen molar-refractivity contribution < 1.29 is 4.39 Å². The lowest BCUT2D eigenvalue weighted by Crippen LogP contribution is -2.29. The molecule has 1 atom stereocenters. The Kier molecular flexibility index (Phi) is 4.75. The standard InChI is InChI=1S/C13H19ClFN/c1-3-6-13(2,9-16)8-10-4-5-11(14)12(15)7-10/h4-5,7H,3,6,8-9,16H2,1-2H3. The van der Waals surface area contributed by atoms with Gasteiger partial charge in [0.1, 0.15) is 5.82 Å². The monoisotopic (exact) mass is 243 g/mol. The number of rotatable bonds is 5. The highest BCUT2D eigenvalue weighted by Crippen LogP contribution is 2.28. The van der Waals surface area contributed by atoms with E-state index in [0.717, 1.165) is 24.8 Å². The van der Waals surface area contributed by atoms with Gasteiger partial charge in [-0.05, 0) is 42.5 Å². The van der Waals surface area contributed by atoms with Crippen molar-refractivity contribution in [2.24, 2.45) is 11.1 Å². The van der Waals surface area contributed by atoms with Crippen LogP contribution in [0.5, 0.6) is 0 Å². The molecule has 90 valence electrons. The van der Waals surface area contributed by atoms with Crippen LogP contribution < -0.4 is 5.73 Å². The lowest BCUT2D eigenvalue weighted by atomic mass is 9.80. The minimum atomic E-state index is -0.352. The van der Waals surface area contributed by atoms with Crippen molar-refractivity contribution >= 4 is 11.6 Å². The van der Waals surface area contributed by atoms with Gasteiger partial charge in [-0.3, -0.25) is 0 Å². The van der Waals surface area contributed by atoms with Gasteiger partial charge in [0.25, 0.3) is 0 Å². The molecule has 3 heteroatoms. The summed E-state index contributed by atoms with van der Waals surface area (Å²) in [6.45, 7) is 4.89. The zero-order chi connectivity index (χ0) is 12.2. The molecule has 0 amide bonds. The lowest BCUT2D eigenvalue weighted by molar-refractivity contribution is 0.302. The van der Waals surface area contributed by atoms with E-state index in [-0.39, 0.29) is 16.3 Å². The Morgan fingerprint density at radius 2 is 2.12 bits per heavy atom. The predicted octanol–water partition coefficient (Wildman–Crippen LogP) is 3.79. The molecule has 1 unspecified atom stereocenters. The summed E-state index contributed by atoms with van der Waals surface area (Å²) in [7, 11) is 0. The molecule has 2 N–H and O–H groups in total. The van der Waals surface area contributed by atoms with Gasteiger partial charge in [-0.2, -0.15) is 0 Å². The second-order valence-corrected chi connectivity index (χ2v) is 5.10. The third kappa shape index (κ3) is 3.46. The van der Waals surface area contributed by atoms with Gasteiger partial charge in [-0.25, -0.2) is 4.39 Å². The zero-order valence-electron chi connectivity index (χ0n) is 9.89. The fourth-order valence-electron chi connectivity index (χ4n) is 2.01. The van der Waals surface area contributed by atoms with Crippen LogP contribution in [-0.4, -0.2) is 6.54 Å². The van der Waals surface area contributed by atoms with E-state index in [0.29, 0.717) is 6.54 Å². The van der Waals surface area contributed by atoms with Crippen LogP contribution in [0, 0.1) is 11.2 Å². The molecule has 0 spiro atoms. The maximum Gasteiger partial charge on any atom is 0.142 e. The van der Waals surface area contributed by atoms with E-state index >= 15 is 0 Å². The second kappa shape index (κ2) is 5.65. The molecule has 0 saturated heterocycles. The Bertz CT molecular complexity index is 354. The quantitative estimate of drug-likeness (QED) is 0.837. The van der Waals surface area contributed by atoms with Gasteiger partial charge in [0, 0.05) is 0 Å². The van der Waals surface area contributed by atoms with Crippen LogP contribution >= 0.6 is 11.6 Å². The Labute approximate surface area is 102 Å². The van der Waals surface area contributed by atoms with Gasteiger partial charge in [0.2, 0.25) is 0 Å². The molecule has 0 aliphatic rings. The predicted molar refractivity (Wildman–Crippen MR) is 67.2 cm³/mol. The first-order valence-corrected chi connectivity index (χ1v) is 6.02. The highest BCUT2D eigenvalue weighted by Gasteiger charge is 2.22. The molecular weight excluding hydrogens is 225 g/mol. The molecule has 0 radical (unpaired) electrons. The van der Waals surface area contributed by atoms with Crippen LogP contribution in [0.1, 0.15) is 32.3 Å². The molecule has 1 rings (SSSR count). The lowest BCUT2D eigenvalue weighted by Gasteiger charge is -2.27. The van der Waals surface area contributed by atoms with Crippen molar-refractivity contribution in [1.29, 1.82) is 0 Å². The topological polar surface area (TPSA) is 26.0 Å². The van der Waals surface area contributed by atoms with Crippen LogP contribution in [0.15, 0.2) is 18.2 Å². The SMILES string of the molecule is CCCC(C)(CN)Cc1ccc(Cl)c(F)c1. The van der Waals surface area contributed by atoms with Gasteiger partial charge in [0.05, 0.1) is 5.02 Å². The van der Waals surface area contributed by atoms with E-state index in [1.807, 2.05) is 6.07 Å². The minimum Gasteiger partial charge on any atom is -0.330 e. The minimum absolute atomic E-state index is 0.0506. The first-order valence-electron chi connectivity index (χ1n) is 5.65. The number of halogens is 2. The summed E-state index contributed by atoms with van der Waals surface area (Å²) < 4.78 is 13.3. The smallest absolute Gasteiger partial charge is 0.142 e. The summed E-state index contributed by atoms with van der Waals surface area (Å²) in [5.41, 5.74) is 6.80. The summed E-state index contributed by atoms with van der Waals surface area (Å²) in [4.78, 5) is 0. The third-order valence-corrected chi connectivity index (χ3v) is 3.27. The highest BCUT2D eigenvalue weighted by molar-refractivity contribution is 6.30. The van der Waals surface area contributed by atoms with Crippen molar-refractivity contribution in [2.75, 3.05) is 6.54 Å². The van der Waals surface area contributed by atoms with E-state index in [1.54, 1.807) is 6.07 Å². The molecule has 0 aromatic heterocycles. The Morgan fingerprint density at radius 3 is 2.62 bits per heavy atom. The Balaban J connectivity index is 2.81. The van der Waals surface area contributed by atoms with E-state index in [1.165, 1.54) is 6.07 Å². The number of nitrogens with two attached hydrogens (primary N) is 1. The van der Waals surface area contributed by atoms with Crippen molar-refractivity contribution in [3.63, 3.8) is 0 Å². The van der Waals surface area contributed by atoms with Crippen LogP contribution in [0.4, 0.5) is 4.39 Å². The van der Waals surface area contributed by atoms with E-state index < -0.39 is 0 Å². The molecule has 0 aliphatic heterocycles. The number of hydrogen-bond donors (Lipinski definition) is 1. The molecule has 1 aromatic carbocycles. The summed E-state index contributed by atoms with van der Waals surface area (Å²) in [5.74, 6) is -0.352. The summed E-state index contributed by atoms with van der Waals surface area (Å²) in [5, 5.41) is 0.175. The molecule has 1 nitrogen and oxygen atoms in total. The molecule has 16 heavy (non-hydrogen) atoms. The van der Waals surface area contributed by atoms with Crippen LogP contribution in [0.25, 0.3) is 0 Å². The summed E-state index contributed by atoms with van der Waals surface area (Å²) in [6.07, 6.45) is 2.93. The molecule has 0 fully saturated rings. The van der Waals surface area contributed by atoms with E-state index in [9.17, 15) is 4.39 Å². The average Bonchev–Trinajstić information content (AvgIpc) is 2.24. The molecular formula is C13H19ClFN. The van der Waals surface area contributed by atoms with Crippen molar-refractivity contribution in [1.82, 2.24) is 0 Å². The van der Waals surface area contributed by atoms with Crippen LogP contribution in [-0.2, 0) is 6.42 Å². The summed E-state index contributed by atoms with van der Waals surface area (Å²) >= 11 is 5.65. The molecule has 0 saturated carbocycles. The number of benzene rings is 1. The van der Waals surface area contributed by atoms with Gasteiger partial charge < -0.3 is 5.73 Å². The summed E-state index contributed by atoms with van der Waals surface area (Å²) in [6, 6.07) is 4.98. The maximum atomic E-state index is 13.3. The third-order valence-electron chi connectivity index (χ3n) is 2.96. The van der Waals surface area contributed by atoms with Gasteiger partial charge in [-0.1, -0.05) is 37.9 Å². The fraction of sp³-hybridized carbons (Fsp3) is 0.538. The first kappa shape index (κ1) is 13.5. The second-order valence-electron chi connectivity index (χ2n) is 4.69. The number of hydrogen-bond acceptors (Lipinski definition) is 1. The molecule has 0 heterocycles. The van der Waals surface area contributed by atoms with Gasteiger partial charge in [-0.15, -0.1) is 0 Å². The first-order chi connectivity index (χ1) is 7.50. The molecule has 0 aliphatic carbocycles. The van der Waals surface area contributed by atoms with Gasteiger partial charge >= 0.3 is 0 Å². The normalized spacial score (nSPS) is 14.8. The van der Waals surface area contributed by atoms with Crippen LogP contribution in [0.3, 0.4) is 0 Å². The van der Waals surface area contributed by atoms with E-state index in [2.05, 4.69) is 13.8 Å². The van der Waals surface area contributed by atoms with E-state index in [4.69, 9.17) is 17.3 Å². The maximum absolute atomic E-state index is 13.3. The Hall–Kier alpha value is -0.600. The van der Waals surface area contributed by atoms with Crippen molar-refractivity contribution in [2.45, 2.75) is 33.1 Å². The average molecular weight is 244 g/mol. The largest absolute Gasteiger partial charge is 0.330 e. The molecule has 0 bridgehead atoms. The van der Waals surface area contributed by atoms with Crippen molar-refractivity contribution in [3.05, 3.63) is 34.6 Å². The Morgan fingerprint density at radius 1 is 1.44 bits per heavy atom.